The van der Waals surface area contributed by atoms with Crippen LogP contribution < -0.4 is 0 Å². The molecule has 0 spiro atoms. The highest BCUT2D eigenvalue weighted by Gasteiger charge is 2.28. The molecule has 0 N–H and O–H groups in total. The van der Waals surface area contributed by atoms with Crippen LogP contribution in [0.5, 0.6) is 0 Å². The van der Waals surface area contributed by atoms with Gasteiger partial charge in [0.2, 0.25) is 0 Å². The Kier molecular flexibility index (Phi) is 8.12. The van der Waals surface area contributed by atoms with Crippen LogP contribution in [0.15, 0.2) is 146 Å². The van der Waals surface area contributed by atoms with Crippen molar-refractivity contribution >= 4 is 50.2 Å². The van der Waals surface area contributed by atoms with Crippen LogP contribution in [0.3, 0.4) is 0 Å². The van der Waals surface area contributed by atoms with Crippen molar-refractivity contribution < 1.29 is 0 Å². The molecule has 5 nitrogen and oxygen atoms in total. The molecule has 0 saturated heterocycles. The summed E-state index contributed by atoms with van der Waals surface area (Å²) in [7, 11) is 0. The fourth-order valence-corrected chi connectivity index (χ4v) is 9.67. The van der Waals surface area contributed by atoms with Crippen LogP contribution in [-0.2, 0) is 6.42 Å². The van der Waals surface area contributed by atoms with Gasteiger partial charge in [-0.05, 0) is 79.2 Å². The van der Waals surface area contributed by atoms with Gasteiger partial charge in [0.05, 0.1) is 16.6 Å². The van der Waals surface area contributed by atoms with Gasteiger partial charge < -0.3 is 9.13 Å². The van der Waals surface area contributed by atoms with Crippen LogP contribution in [0, 0.1) is 0 Å². The first-order valence-electron chi connectivity index (χ1n) is 20.4. The maximum Gasteiger partial charge on any atom is 0.163 e. The Hall–Kier alpha value is -6.33. The van der Waals surface area contributed by atoms with Gasteiger partial charge in [0.1, 0.15) is 5.82 Å². The lowest BCUT2D eigenvalue weighted by Gasteiger charge is -2.25. The molecule has 56 heavy (non-hydrogen) atoms. The van der Waals surface area contributed by atoms with Crippen molar-refractivity contribution in [3.8, 4) is 22.8 Å². The number of nitrogens with zero attached hydrogens (tertiary/aromatic N) is 5. The minimum Gasteiger partial charge on any atom is -0.313 e. The predicted octanol–water partition coefficient (Wildman–Crippen LogP) is 12.8. The minimum atomic E-state index is -0.111. The largest absolute Gasteiger partial charge is 0.313 e. The highest BCUT2D eigenvalue weighted by molar-refractivity contribution is 6.10. The molecule has 0 bridgehead atoms. The third-order valence-electron chi connectivity index (χ3n) is 12.4. The van der Waals surface area contributed by atoms with E-state index < -0.39 is 0 Å². The van der Waals surface area contributed by atoms with Crippen LogP contribution in [0.25, 0.3) is 73.0 Å². The molecule has 3 aliphatic rings. The Morgan fingerprint density at radius 1 is 0.554 bits per heavy atom. The van der Waals surface area contributed by atoms with E-state index >= 15 is 0 Å². The summed E-state index contributed by atoms with van der Waals surface area (Å²) in [5, 5.41) is 3.83. The number of rotatable bonds is 6. The van der Waals surface area contributed by atoms with Crippen molar-refractivity contribution in [2.45, 2.75) is 63.2 Å². The van der Waals surface area contributed by atoms with Gasteiger partial charge >= 0.3 is 0 Å². The van der Waals surface area contributed by atoms with Gasteiger partial charge in [-0.15, -0.1) is 0 Å². The van der Waals surface area contributed by atoms with E-state index in [-0.39, 0.29) is 5.92 Å². The van der Waals surface area contributed by atoms with Gasteiger partial charge in [-0.25, -0.2) is 15.0 Å². The summed E-state index contributed by atoms with van der Waals surface area (Å²) >= 11 is 0. The molecule has 5 aromatic carbocycles. The van der Waals surface area contributed by atoms with E-state index in [1.54, 1.807) is 0 Å². The summed E-state index contributed by atoms with van der Waals surface area (Å²) in [6.45, 7) is 0. The number of para-hydroxylation sites is 3. The zero-order valence-electron chi connectivity index (χ0n) is 31.5. The van der Waals surface area contributed by atoms with E-state index in [4.69, 9.17) is 15.0 Å². The van der Waals surface area contributed by atoms with Gasteiger partial charge in [-0.2, -0.15) is 0 Å². The third-order valence-corrected chi connectivity index (χ3v) is 12.4. The van der Waals surface area contributed by atoms with Gasteiger partial charge in [0, 0.05) is 56.7 Å². The molecule has 5 heteroatoms. The molecular weight excluding hydrogens is 683 g/mol. The lowest BCUT2D eigenvalue weighted by Crippen LogP contribution is -2.15. The Bertz CT molecular complexity index is 2810. The molecule has 11 rings (SSSR count). The SMILES string of the molecule is C1=Cc2c(c3ccccc3n2C2=CC(n3c4ccccc4c4ccccc43)=CC(c3nc(-c4ccccc4)nc(-c4ccc(C5CCCCC5)cc4)n3)C2)CC1. The fraction of sp³-hybridized carbons (Fsp3) is 0.196. The lowest BCUT2D eigenvalue weighted by molar-refractivity contribution is 0.443. The Morgan fingerprint density at radius 2 is 1.16 bits per heavy atom. The first kappa shape index (κ1) is 33.0. The molecule has 0 amide bonds. The van der Waals surface area contributed by atoms with Crippen LogP contribution in [-0.4, -0.2) is 24.1 Å². The number of aromatic nitrogens is 5. The molecule has 0 radical (unpaired) electrons. The number of allylic oxidation sites excluding steroid dienone is 5. The smallest absolute Gasteiger partial charge is 0.163 e. The van der Waals surface area contributed by atoms with E-state index in [0.29, 0.717) is 11.7 Å². The highest BCUT2D eigenvalue weighted by Crippen LogP contribution is 2.43. The molecule has 3 aliphatic carbocycles. The van der Waals surface area contributed by atoms with Crippen molar-refractivity contribution in [1.29, 1.82) is 0 Å². The average molecular weight is 726 g/mol. The zero-order valence-corrected chi connectivity index (χ0v) is 31.5. The summed E-state index contributed by atoms with van der Waals surface area (Å²) in [5.41, 5.74) is 12.1. The van der Waals surface area contributed by atoms with E-state index in [0.717, 1.165) is 47.7 Å². The van der Waals surface area contributed by atoms with Crippen LogP contribution in [0.4, 0.5) is 0 Å². The van der Waals surface area contributed by atoms with E-state index in [9.17, 15) is 0 Å². The van der Waals surface area contributed by atoms with Gasteiger partial charge in [-0.1, -0.05) is 135 Å². The van der Waals surface area contributed by atoms with Crippen LogP contribution >= 0.6 is 0 Å². The standard InChI is InChI=1S/C51H43N5/c1-3-15-34(16-4-1)35-27-29-37(30-28-35)50-52-49(36-17-5-2-6-18-36)53-51(54-50)38-31-39(55-45-23-11-7-19-41(45)42-20-8-12-24-46(42)55)33-40(32-38)56-47-25-13-9-21-43(47)44-22-10-14-26-48(44)56/h2,5-9,11-14,17-21,23-31,33-34,38H,1,3-4,10,15-16,22,32H2. The summed E-state index contributed by atoms with van der Waals surface area (Å²) in [5.74, 6) is 2.75. The first-order chi connectivity index (χ1) is 27.8. The van der Waals surface area contributed by atoms with Crippen molar-refractivity contribution in [2.75, 3.05) is 0 Å². The summed E-state index contributed by atoms with van der Waals surface area (Å²) in [6, 6.07) is 45.9. The summed E-state index contributed by atoms with van der Waals surface area (Å²) in [4.78, 5) is 15.8. The number of fused-ring (bicyclic) bond motifs is 6. The molecular formula is C51H43N5. The van der Waals surface area contributed by atoms with Crippen LogP contribution in [0.2, 0.25) is 0 Å². The molecule has 1 atom stereocenters. The minimum absolute atomic E-state index is 0.111. The number of hydrogen-bond donors (Lipinski definition) is 0. The first-order valence-corrected chi connectivity index (χ1v) is 20.4. The number of benzene rings is 5. The Morgan fingerprint density at radius 3 is 1.86 bits per heavy atom. The number of aryl methyl sites for hydroxylation is 1. The highest BCUT2D eigenvalue weighted by atomic mass is 15.1. The van der Waals surface area contributed by atoms with Crippen molar-refractivity contribution in [2.24, 2.45) is 0 Å². The Balaban J connectivity index is 1.12. The zero-order chi connectivity index (χ0) is 37.0. The number of hydrogen-bond acceptors (Lipinski definition) is 3. The Labute approximate surface area is 327 Å². The molecule has 3 aromatic heterocycles. The summed E-state index contributed by atoms with van der Waals surface area (Å²) in [6.07, 6.45) is 18.9. The van der Waals surface area contributed by atoms with Gasteiger partial charge in [-0.3, -0.25) is 0 Å². The monoisotopic (exact) mass is 725 g/mol. The molecule has 1 fully saturated rings. The second-order valence-corrected chi connectivity index (χ2v) is 15.7. The normalized spacial score (nSPS) is 17.3. The van der Waals surface area contributed by atoms with Gasteiger partial charge in [0.25, 0.3) is 0 Å². The van der Waals surface area contributed by atoms with E-state index in [1.807, 2.05) is 6.07 Å². The second kappa shape index (κ2) is 13.8. The third kappa shape index (κ3) is 5.64. The molecule has 1 saturated carbocycles. The topological polar surface area (TPSA) is 48.5 Å². The maximum absolute atomic E-state index is 5.37. The fourth-order valence-electron chi connectivity index (χ4n) is 9.67. The van der Waals surface area contributed by atoms with E-state index in [1.165, 1.54) is 87.3 Å². The molecule has 8 aromatic rings. The lowest BCUT2D eigenvalue weighted by atomic mass is 9.84. The summed E-state index contributed by atoms with van der Waals surface area (Å²) < 4.78 is 4.95. The van der Waals surface area contributed by atoms with Crippen molar-refractivity contribution in [3.05, 3.63) is 168 Å². The molecule has 1 unspecified atom stereocenters. The van der Waals surface area contributed by atoms with Crippen LogP contribution in [0.1, 0.15) is 79.4 Å². The molecule has 272 valence electrons. The van der Waals surface area contributed by atoms with Crippen molar-refractivity contribution in [1.82, 2.24) is 24.1 Å². The quantitative estimate of drug-likeness (QED) is 0.171. The molecule has 0 aliphatic heterocycles. The van der Waals surface area contributed by atoms with E-state index in [2.05, 4.69) is 155 Å². The van der Waals surface area contributed by atoms with Gasteiger partial charge in [0.15, 0.2) is 11.6 Å². The molecule has 3 heterocycles. The average Bonchev–Trinajstić information content (AvgIpc) is 3.80. The predicted molar refractivity (Wildman–Crippen MR) is 231 cm³/mol. The van der Waals surface area contributed by atoms with Crippen molar-refractivity contribution in [3.63, 3.8) is 0 Å². The second-order valence-electron chi connectivity index (χ2n) is 15.7. The maximum atomic E-state index is 5.37.